The molecular weight excluding hydrogens is 210 g/mol. The number of carbonyl (C=O) groups is 2. The van der Waals surface area contributed by atoms with E-state index in [1.807, 2.05) is 0 Å². The van der Waals surface area contributed by atoms with Crippen molar-refractivity contribution in [3.05, 3.63) is 0 Å². The van der Waals surface area contributed by atoms with Crippen LogP contribution in [0.5, 0.6) is 0 Å². The number of carbonyl (C=O) groups excluding carboxylic acids is 1. The Labute approximate surface area is 94.8 Å². The van der Waals surface area contributed by atoms with Crippen molar-refractivity contribution in [3.8, 4) is 0 Å². The van der Waals surface area contributed by atoms with Gasteiger partial charge in [-0.25, -0.2) is 0 Å². The molecule has 1 heterocycles. The SMILES string of the molecule is NCCNCC(=O)N1CCC(C(=O)O)CC1. The van der Waals surface area contributed by atoms with E-state index in [1.54, 1.807) is 4.90 Å². The lowest BCUT2D eigenvalue weighted by molar-refractivity contribution is -0.145. The zero-order valence-corrected chi connectivity index (χ0v) is 9.32. The molecule has 0 spiro atoms. The normalized spacial score (nSPS) is 17.4. The minimum Gasteiger partial charge on any atom is -0.481 e. The van der Waals surface area contributed by atoms with Crippen LogP contribution in [0.1, 0.15) is 12.8 Å². The molecule has 1 fully saturated rings. The zero-order chi connectivity index (χ0) is 12.0. The second-order valence-corrected chi connectivity index (χ2v) is 3.96. The molecule has 1 aliphatic heterocycles. The summed E-state index contributed by atoms with van der Waals surface area (Å²) in [5.41, 5.74) is 5.29. The third-order valence-electron chi connectivity index (χ3n) is 2.79. The molecular formula is C10H19N3O3. The first-order chi connectivity index (χ1) is 7.65. The Morgan fingerprint density at radius 3 is 2.50 bits per heavy atom. The summed E-state index contributed by atoms with van der Waals surface area (Å²) in [6.07, 6.45) is 1.11. The molecule has 0 aromatic rings. The Bertz CT molecular complexity index is 250. The van der Waals surface area contributed by atoms with Crippen molar-refractivity contribution in [1.29, 1.82) is 0 Å². The van der Waals surface area contributed by atoms with Crippen LogP contribution in [0.25, 0.3) is 0 Å². The van der Waals surface area contributed by atoms with E-state index in [-0.39, 0.29) is 18.4 Å². The van der Waals surface area contributed by atoms with Gasteiger partial charge < -0.3 is 21.1 Å². The maximum Gasteiger partial charge on any atom is 0.306 e. The van der Waals surface area contributed by atoms with Gasteiger partial charge in [-0.2, -0.15) is 0 Å². The lowest BCUT2D eigenvalue weighted by Crippen LogP contribution is -2.44. The number of aliphatic carboxylic acids is 1. The number of rotatable bonds is 5. The van der Waals surface area contributed by atoms with Crippen LogP contribution in [0.3, 0.4) is 0 Å². The number of carboxylic acid groups (broad SMARTS) is 1. The monoisotopic (exact) mass is 229 g/mol. The van der Waals surface area contributed by atoms with E-state index in [4.69, 9.17) is 10.8 Å². The number of hydrogen-bond acceptors (Lipinski definition) is 4. The standard InChI is InChI=1S/C10H19N3O3/c11-3-4-12-7-9(14)13-5-1-8(2-6-13)10(15)16/h8,12H,1-7,11H2,(H,15,16). The highest BCUT2D eigenvalue weighted by Gasteiger charge is 2.26. The number of nitrogens with two attached hydrogens (primary N) is 1. The molecule has 0 radical (unpaired) electrons. The van der Waals surface area contributed by atoms with Crippen LogP contribution in [-0.4, -0.2) is 54.6 Å². The Kier molecular flexibility index (Phi) is 5.21. The Balaban J connectivity index is 2.25. The molecule has 1 amide bonds. The highest BCUT2D eigenvalue weighted by atomic mass is 16.4. The topological polar surface area (TPSA) is 95.7 Å². The van der Waals surface area contributed by atoms with Crippen molar-refractivity contribution < 1.29 is 14.7 Å². The number of nitrogens with zero attached hydrogens (tertiary/aromatic N) is 1. The van der Waals surface area contributed by atoms with Gasteiger partial charge >= 0.3 is 5.97 Å². The van der Waals surface area contributed by atoms with Crippen LogP contribution in [0, 0.1) is 5.92 Å². The van der Waals surface area contributed by atoms with Gasteiger partial charge in [0.15, 0.2) is 0 Å². The highest BCUT2D eigenvalue weighted by Crippen LogP contribution is 2.16. The maximum atomic E-state index is 11.6. The minimum absolute atomic E-state index is 0.0253. The summed E-state index contributed by atoms with van der Waals surface area (Å²) in [6.45, 7) is 2.50. The van der Waals surface area contributed by atoms with Crippen molar-refractivity contribution in [2.45, 2.75) is 12.8 Å². The number of carboxylic acids is 1. The number of amides is 1. The molecule has 4 N–H and O–H groups in total. The molecule has 0 atom stereocenters. The van der Waals surface area contributed by atoms with Gasteiger partial charge in [-0.15, -0.1) is 0 Å². The van der Waals surface area contributed by atoms with Gasteiger partial charge in [0.25, 0.3) is 0 Å². The van der Waals surface area contributed by atoms with Gasteiger partial charge in [0.1, 0.15) is 0 Å². The second-order valence-electron chi connectivity index (χ2n) is 3.96. The lowest BCUT2D eigenvalue weighted by Gasteiger charge is -2.30. The average molecular weight is 229 g/mol. The third-order valence-corrected chi connectivity index (χ3v) is 2.79. The number of nitrogens with one attached hydrogen (secondary N) is 1. The van der Waals surface area contributed by atoms with E-state index in [2.05, 4.69) is 5.32 Å². The molecule has 6 heteroatoms. The van der Waals surface area contributed by atoms with E-state index in [0.717, 1.165) is 0 Å². The molecule has 0 saturated carbocycles. The first kappa shape index (κ1) is 12.9. The predicted octanol–water partition coefficient (Wildman–Crippen LogP) is -1.14. The van der Waals surface area contributed by atoms with E-state index >= 15 is 0 Å². The Morgan fingerprint density at radius 2 is 2.00 bits per heavy atom. The fourth-order valence-corrected chi connectivity index (χ4v) is 1.79. The zero-order valence-electron chi connectivity index (χ0n) is 9.32. The molecule has 0 aliphatic carbocycles. The van der Waals surface area contributed by atoms with Gasteiger partial charge in [-0.05, 0) is 12.8 Å². The van der Waals surface area contributed by atoms with Crippen LogP contribution in [-0.2, 0) is 9.59 Å². The first-order valence-electron chi connectivity index (χ1n) is 5.56. The molecule has 92 valence electrons. The molecule has 1 aliphatic rings. The number of piperidine rings is 1. The fraction of sp³-hybridized carbons (Fsp3) is 0.800. The summed E-state index contributed by atoms with van der Waals surface area (Å²) < 4.78 is 0. The molecule has 6 nitrogen and oxygen atoms in total. The quantitative estimate of drug-likeness (QED) is 0.518. The summed E-state index contributed by atoms with van der Waals surface area (Å²) in [6, 6.07) is 0. The summed E-state index contributed by atoms with van der Waals surface area (Å²) in [7, 11) is 0. The van der Waals surface area contributed by atoms with Crippen molar-refractivity contribution in [1.82, 2.24) is 10.2 Å². The largest absolute Gasteiger partial charge is 0.481 e. The van der Waals surface area contributed by atoms with Crippen molar-refractivity contribution in [3.63, 3.8) is 0 Å². The molecule has 1 saturated heterocycles. The highest BCUT2D eigenvalue weighted by molar-refractivity contribution is 5.78. The van der Waals surface area contributed by atoms with Gasteiger partial charge in [0, 0.05) is 26.2 Å². The molecule has 1 rings (SSSR count). The minimum atomic E-state index is -0.756. The van der Waals surface area contributed by atoms with Crippen LogP contribution in [0.2, 0.25) is 0 Å². The van der Waals surface area contributed by atoms with E-state index in [1.165, 1.54) is 0 Å². The van der Waals surface area contributed by atoms with Crippen LogP contribution < -0.4 is 11.1 Å². The van der Waals surface area contributed by atoms with Gasteiger partial charge in [0.2, 0.25) is 5.91 Å². The van der Waals surface area contributed by atoms with Crippen molar-refractivity contribution >= 4 is 11.9 Å². The van der Waals surface area contributed by atoms with Crippen LogP contribution >= 0.6 is 0 Å². The molecule has 0 bridgehead atoms. The van der Waals surface area contributed by atoms with E-state index < -0.39 is 5.97 Å². The van der Waals surface area contributed by atoms with Gasteiger partial charge in [-0.3, -0.25) is 9.59 Å². The molecule has 0 unspecified atom stereocenters. The average Bonchev–Trinajstić information content (AvgIpc) is 2.29. The first-order valence-corrected chi connectivity index (χ1v) is 5.56. The lowest BCUT2D eigenvalue weighted by atomic mass is 9.97. The Morgan fingerprint density at radius 1 is 1.38 bits per heavy atom. The summed E-state index contributed by atoms with van der Waals surface area (Å²) in [5.74, 6) is -1.02. The smallest absolute Gasteiger partial charge is 0.306 e. The summed E-state index contributed by atoms with van der Waals surface area (Å²) in [4.78, 5) is 24.0. The van der Waals surface area contributed by atoms with Crippen molar-refractivity contribution in [2.24, 2.45) is 11.7 Å². The van der Waals surface area contributed by atoms with E-state index in [9.17, 15) is 9.59 Å². The third kappa shape index (κ3) is 3.79. The maximum absolute atomic E-state index is 11.6. The number of likely N-dealkylation sites (tertiary alicyclic amines) is 1. The number of hydrogen-bond donors (Lipinski definition) is 3. The van der Waals surface area contributed by atoms with Crippen LogP contribution in [0.15, 0.2) is 0 Å². The van der Waals surface area contributed by atoms with E-state index in [0.29, 0.717) is 39.0 Å². The second kappa shape index (κ2) is 6.44. The van der Waals surface area contributed by atoms with Crippen LogP contribution in [0.4, 0.5) is 0 Å². The van der Waals surface area contributed by atoms with Gasteiger partial charge in [-0.1, -0.05) is 0 Å². The molecule has 16 heavy (non-hydrogen) atoms. The Hall–Kier alpha value is -1.14. The van der Waals surface area contributed by atoms with Gasteiger partial charge in [0.05, 0.1) is 12.5 Å². The molecule has 0 aromatic heterocycles. The summed E-state index contributed by atoms with van der Waals surface area (Å²) >= 11 is 0. The molecule has 0 aromatic carbocycles. The summed E-state index contributed by atoms with van der Waals surface area (Å²) in [5, 5.41) is 11.7. The van der Waals surface area contributed by atoms with Crippen molar-refractivity contribution in [2.75, 3.05) is 32.7 Å². The fourth-order valence-electron chi connectivity index (χ4n) is 1.79. The predicted molar refractivity (Wildman–Crippen MR) is 58.9 cm³/mol.